The maximum atomic E-state index is 12.4. The maximum absolute atomic E-state index is 12.4. The lowest BCUT2D eigenvalue weighted by atomic mass is 9.97. The van der Waals surface area contributed by atoms with E-state index in [0.29, 0.717) is 25.2 Å². The van der Waals surface area contributed by atoms with Gasteiger partial charge in [0.2, 0.25) is 5.91 Å². The molecule has 0 saturated carbocycles. The number of amides is 1. The van der Waals surface area contributed by atoms with Gasteiger partial charge in [0, 0.05) is 18.7 Å². The monoisotopic (exact) mass is 337 g/mol. The molecule has 2 aliphatic rings. The van der Waals surface area contributed by atoms with Crippen LogP contribution in [0.15, 0.2) is 48.5 Å². The smallest absolute Gasteiger partial charge is 0.318 e. The Morgan fingerprint density at radius 1 is 1.12 bits per heavy atom. The highest BCUT2D eigenvalue weighted by Crippen LogP contribution is 2.28. The lowest BCUT2D eigenvalue weighted by Crippen LogP contribution is -2.31. The zero-order chi connectivity index (χ0) is 17.2. The van der Waals surface area contributed by atoms with Gasteiger partial charge in [-0.3, -0.25) is 9.59 Å². The van der Waals surface area contributed by atoms with Gasteiger partial charge < -0.3 is 14.4 Å². The molecule has 2 aliphatic heterocycles. The average molecular weight is 337 g/mol. The van der Waals surface area contributed by atoms with Gasteiger partial charge in [0.15, 0.2) is 0 Å². The van der Waals surface area contributed by atoms with Crippen LogP contribution >= 0.6 is 0 Å². The quantitative estimate of drug-likeness (QED) is 0.638. The summed E-state index contributed by atoms with van der Waals surface area (Å²) in [4.78, 5) is 25.9. The van der Waals surface area contributed by atoms with Crippen molar-refractivity contribution >= 4 is 17.6 Å². The van der Waals surface area contributed by atoms with Crippen LogP contribution in [0.4, 0.5) is 5.69 Å². The molecule has 0 bridgehead atoms. The Morgan fingerprint density at radius 2 is 1.92 bits per heavy atom. The summed E-state index contributed by atoms with van der Waals surface area (Å²) in [5.74, 6) is 0.863. The molecule has 1 fully saturated rings. The first-order chi connectivity index (χ1) is 12.2. The number of esters is 1. The number of para-hydroxylation sites is 1. The number of anilines is 1. The molecule has 0 spiro atoms. The Labute approximate surface area is 146 Å². The van der Waals surface area contributed by atoms with E-state index >= 15 is 0 Å². The van der Waals surface area contributed by atoms with E-state index in [0.717, 1.165) is 30.0 Å². The van der Waals surface area contributed by atoms with Gasteiger partial charge in [0.05, 0.1) is 5.92 Å². The number of rotatable bonds is 3. The van der Waals surface area contributed by atoms with E-state index in [1.165, 1.54) is 0 Å². The Kier molecular flexibility index (Phi) is 4.14. The summed E-state index contributed by atoms with van der Waals surface area (Å²) in [6, 6.07) is 14.8. The Balaban J connectivity index is 1.40. The zero-order valence-electron chi connectivity index (χ0n) is 13.8. The SMILES string of the molecule is O=C(Oc1ccc(N2CCCC2=O)cc1)C1COc2ccccc2C1. The van der Waals surface area contributed by atoms with Gasteiger partial charge in [-0.2, -0.15) is 0 Å². The van der Waals surface area contributed by atoms with Crippen LogP contribution in [-0.4, -0.2) is 25.0 Å². The van der Waals surface area contributed by atoms with Crippen molar-refractivity contribution in [1.29, 1.82) is 0 Å². The lowest BCUT2D eigenvalue weighted by Gasteiger charge is -2.23. The van der Waals surface area contributed by atoms with Crippen molar-refractivity contribution in [3.63, 3.8) is 0 Å². The van der Waals surface area contributed by atoms with Crippen LogP contribution in [0.5, 0.6) is 11.5 Å². The minimum absolute atomic E-state index is 0.141. The molecule has 5 heteroatoms. The van der Waals surface area contributed by atoms with Crippen molar-refractivity contribution in [2.24, 2.45) is 5.92 Å². The minimum Gasteiger partial charge on any atom is -0.492 e. The van der Waals surface area contributed by atoms with E-state index in [9.17, 15) is 9.59 Å². The van der Waals surface area contributed by atoms with Crippen LogP contribution in [0.3, 0.4) is 0 Å². The van der Waals surface area contributed by atoms with Crippen LogP contribution < -0.4 is 14.4 Å². The average Bonchev–Trinajstić information content (AvgIpc) is 3.08. The molecule has 1 amide bonds. The molecule has 1 unspecified atom stereocenters. The fourth-order valence-corrected chi connectivity index (χ4v) is 3.29. The summed E-state index contributed by atoms with van der Waals surface area (Å²) < 4.78 is 11.1. The number of hydrogen-bond donors (Lipinski definition) is 0. The normalized spacial score (nSPS) is 19.3. The molecule has 4 rings (SSSR count). The molecule has 0 radical (unpaired) electrons. The van der Waals surface area contributed by atoms with Gasteiger partial charge in [-0.05, 0) is 48.7 Å². The first kappa shape index (κ1) is 15.7. The number of hydrogen-bond acceptors (Lipinski definition) is 4. The number of benzene rings is 2. The summed E-state index contributed by atoms with van der Waals surface area (Å²) in [5, 5.41) is 0. The Bertz CT molecular complexity index is 800. The predicted octanol–water partition coefficient (Wildman–Crippen LogP) is 2.97. The molecule has 2 aromatic rings. The third kappa shape index (κ3) is 3.22. The molecular weight excluding hydrogens is 318 g/mol. The molecule has 0 aromatic heterocycles. The lowest BCUT2D eigenvalue weighted by molar-refractivity contribution is -0.140. The third-order valence-electron chi connectivity index (χ3n) is 4.65. The van der Waals surface area contributed by atoms with E-state index in [-0.39, 0.29) is 17.8 Å². The van der Waals surface area contributed by atoms with Gasteiger partial charge in [-0.1, -0.05) is 18.2 Å². The van der Waals surface area contributed by atoms with Crippen LogP contribution in [0.1, 0.15) is 18.4 Å². The van der Waals surface area contributed by atoms with Crippen molar-refractivity contribution in [1.82, 2.24) is 0 Å². The number of carbonyl (C=O) groups is 2. The summed E-state index contributed by atoms with van der Waals surface area (Å²) in [7, 11) is 0. The number of carbonyl (C=O) groups excluding carboxylic acids is 2. The fraction of sp³-hybridized carbons (Fsp3) is 0.300. The molecule has 25 heavy (non-hydrogen) atoms. The number of ether oxygens (including phenoxy) is 2. The largest absolute Gasteiger partial charge is 0.492 e. The number of nitrogens with zero attached hydrogens (tertiary/aromatic N) is 1. The third-order valence-corrected chi connectivity index (χ3v) is 4.65. The molecule has 0 aliphatic carbocycles. The molecule has 2 heterocycles. The Hall–Kier alpha value is -2.82. The second-order valence-electron chi connectivity index (χ2n) is 6.38. The van der Waals surface area contributed by atoms with Gasteiger partial charge >= 0.3 is 5.97 Å². The Morgan fingerprint density at radius 3 is 2.68 bits per heavy atom. The number of fused-ring (bicyclic) bond motifs is 1. The summed E-state index contributed by atoms with van der Waals surface area (Å²) in [5.41, 5.74) is 1.87. The summed E-state index contributed by atoms with van der Waals surface area (Å²) in [6.07, 6.45) is 2.11. The topological polar surface area (TPSA) is 55.8 Å². The highest BCUT2D eigenvalue weighted by molar-refractivity contribution is 5.95. The molecule has 128 valence electrons. The first-order valence-corrected chi connectivity index (χ1v) is 8.53. The van der Waals surface area contributed by atoms with Crippen molar-refractivity contribution < 1.29 is 19.1 Å². The van der Waals surface area contributed by atoms with E-state index in [1.807, 2.05) is 36.4 Å². The van der Waals surface area contributed by atoms with Crippen molar-refractivity contribution in [3.8, 4) is 11.5 Å². The standard InChI is InChI=1S/C20H19NO4/c22-19-6-3-11-21(19)16-7-9-17(10-8-16)25-20(23)15-12-14-4-1-2-5-18(14)24-13-15/h1-2,4-5,7-10,15H,3,6,11-13H2. The maximum Gasteiger partial charge on any atom is 0.318 e. The molecule has 1 saturated heterocycles. The minimum atomic E-state index is -0.310. The fourth-order valence-electron chi connectivity index (χ4n) is 3.29. The van der Waals surface area contributed by atoms with Gasteiger partial charge in [0.25, 0.3) is 0 Å². The highest BCUT2D eigenvalue weighted by Gasteiger charge is 2.27. The molecule has 2 aromatic carbocycles. The molecule has 0 N–H and O–H groups in total. The zero-order valence-corrected chi connectivity index (χ0v) is 13.8. The first-order valence-electron chi connectivity index (χ1n) is 8.53. The summed E-state index contributed by atoms with van der Waals surface area (Å²) >= 11 is 0. The van der Waals surface area contributed by atoms with Crippen LogP contribution in [0, 0.1) is 5.92 Å². The highest BCUT2D eigenvalue weighted by atomic mass is 16.5. The van der Waals surface area contributed by atoms with Gasteiger partial charge in [0.1, 0.15) is 18.1 Å². The van der Waals surface area contributed by atoms with Crippen LogP contribution in [-0.2, 0) is 16.0 Å². The van der Waals surface area contributed by atoms with E-state index in [1.54, 1.807) is 17.0 Å². The molecular formula is C20H19NO4. The second-order valence-corrected chi connectivity index (χ2v) is 6.38. The summed E-state index contributed by atoms with van der Waals surface area (Å²) in [6.45, 7) is 1.08. The van der Waals surface area contributed by atoms with Gasteiger partial charge in [-0.15, -0.1) is 0 Å². The van der Waals surface area contributed by atoms with Crippen molar-refractivity contribution in [2.45, 2.75) is 19.3 Å². The molecule has 1 atom stereocenters. The van der Waals surface area contributed by atoms with E-state index in [4.69, 9.17) is 9.47 Å². The molecule has 5 nitrogen and oxygen atoms in total. The second kappa shape index (κ2) is 6.59. The predicted molar refractivity (Wildman–Crippen MR) is 92.8 cm³/mol. The van der Waals surface area contributed by atoms with E-state index in [2.05, 4.69) is 0 Å². The van der Waals surface area contributed by atoms with Crippen molar-refractivity contribution in [2.75, 3.05) is 18.1 Å². The van der Waals surface area contributed by atoms with Gasteiger partial charge in [-0.25, -0.2) is 0 Å². The van der Waals surface area contributed by atoms with Crippen LogP contribution in [0.2, 0.25) is 0 Å². The van der Waals surface area contributed by atoms with E-state index < -0.39 is 0 Å². The van der Waals surface area contributed by atoms with Crippen LogP contribution in [0.25, 0.3) is 0 Å². The van der Waals surface area contributed by atoms with Crippen molar-refractivity contribution in [3.05, 3.63) is 54.1 Å².